The zero-order valence-corrected chi connectivity index (χ0v) is 16.3. The van der Waals surface area contributed by atoms with Crippen LogP contribution in [0.5, 0.6) is 0 Å². The van der Waals surface area contributed by atoms with Crippen molar-refractivity contribution in [2.75, 3.05) is 13.1 Å². The Kier molecular flexibility index (Phi) is 4.86. The van der Waals surface area contributed by atoms with Crippen LogP contribution in [0.15, 0.2) is 34.9 Å². The second-order valence-electron chi connectivity index (χ2n) is 6.79. The zero-order valence-electron chi connectivity index (χ0n) is 14.0. The van der Waals surface area contributed by atoms with Crippen molar-refractivity contribution in [3.63, 3.8) is 0 Å². The molecule has 1 aliphatic heterocycles. The van der Waals surface area contributed by atoms with E-state index in [9.17, 15) is 9.90 Å². The molecule has 4 nitrogen and oxygen atoms in total. The van der Waals surface area contributed by atoms with Gasteiger partial charge in [-0.05, 0) is 83.2 Å². The number of hydrogen-bond acceptors (Lipinski definition) is 3. The van der Waals surface area contributed by atoms with Gasteiger partial charge in [0.1, 0.15) is 0 Å². The molecule has 0 spiro atoms. The first-order chi connectivity index (χ1) is 12.5. The largest absolute Gasteiger partial charge is 0.478 e. The molecule has 0 amide bonds. The molecule has 134 valence electrons. The van der Waals surface area contributed by atoms with Crippen molar-refractivity contribution in [3.8, 4) is 0 Å². The Bertz CT molecular complexity index is 907. The zero-order chi connectivity index (χ0) is 18.3. The van der Waals surface area contributed by atoms with Crippen molar-refractivity contribution >= 4 is 45.1 Å². The summed E-state index contributed by atoms with van der Waals surface area (Å²) in [6, 6.07) is 7.63. The van der Waals surface area contributed by atoms with Crippen molar-refractivity contribution in [1.29, 1.82) is 0 Å². The van der Waals surface area contributed by atoms with Crippen molar-refractivity contribution in [2.24, 2.45) is 5.92 Å². The topological polar surface area (TPSA) is 62.2 Å². The molecule has 1 aliphatic carbocycles. The second-order valence-corrected chi connectivity index (χ2v) is 8.14. The summed E-state index contributed by atoms with van der Waals surface area (Å²) in [5.41, 5.74) is 3.76. The van der Waals surface area contributed by atoms with Crippen LogP contribution in [0.4, 0.5) is 0 Å². The van der Waals surface area contributed by atoms with E-state index in [4.69, 9.17) is 11.6 Å². The molecule has 0 radical (unpaired) electrons. The quantitative estimate of drug-likeness (QED) is 0.728. The first-order valence-corrected chi connectivity index (χ1v) is 9.82. The minimum atomic E-state index is -0.956. The highest BCUT2D eigenvalue weighted by Crippen LogP contribution is 2.44. The number of carboxylic acid groups (broad SMARTS) is 1. The highest BCUT2D eigenvalue weighted by molar-refractivity contribution is 9.10. The molecule has 2 aliphatic rings. The Morgan fingerprint density at radius 2 is 2.04 bits per heavy atom. The summed E-state index contributed by atoms with van der Waals surface area (Å²) < 4.78 is 0.774. The van der Waals surface area contributed by atoms with Gasteiger partial charge in [-0.25, -0.2) is 4.79 Å². The van der Waals surface area contributed by atoms with Crippen LogP contribution in [0.3, 0.4) is 0 Å². The lowest BCUT2D eigenvalue weighted by molar-refractivity contribution is -0.130. The number of halogens is 2. The molecule has 4 rings (SSSR count). The number of nitrogens with zero attached hydrogens (tertiary/aromatic N) is 1. The van der Waals surface area contributed by atoms with Gasteiger partial charge in [0.25, 0.3) is 0 Å². The number of benzene rings is 1. The second kappa shape index (κ2) is 7.14. The SMILES string of the molecule is O=C(O)C1=Cc2cc(Cl)ccc2C(C2CCNCC2)c2ncc(Br)cc21. The molecule has 1 saturated heterocycles. The standard InChI is InChI=1S/C20H18BrClN2O2/c21-13-9-16-17(20(25)26)8-12-7-14(22)1-2-15(12)18(19(16)24-10-13)11-3-5-23-6-4-11/h1-2,7-11,18,23H,3-6H2,(H,25,26). The summed E-state index contributed by atoms with van der Waals surface area (Å²) in [4.78, 5) is 16.7. The lowest BCUT2D eigenvalue weighted by Crippen LogP contribution is -2.32. The predicted octanol–water partition coefficient (Wildman–Crippen LogP) is 4.57. The maximum Gasteiger partial charge on any atom is 0.336 e. The average molecular weight is 434 g/mol. The Morgan fingerprint density at radius 3 is 2.77 bits per heavy atom. The van der Waals surface area contributed by atoms with E-state index in [1.807, 2.05) is 24.3 Å². The number of carboxylic acids is 1. The number of aromatic nitrogens is 1. The Morgan fingerprint density at radius 1 is 1.27 bits per heavy atom. The first-order valence-electron chi connectivity index (χ1n) is 8.65. The third-order valence-corrected chi connectivity index (χ3v) is 5.91. The minimum Gasteiger partial charge on any atom is -0.478 e. The van der Waals surface area contributed by atoms with Gasteiger partial charge in [-0.2, -0.15) is 0 Å². The van der Waals surface area contributed by atoms with Gasteiger partial charge < -0.3 is 10.4 Å². The van der Waals surface area contributed by atoms with E-state index in [1.54, 1.807) is 12.3 Å². The van der Waals surface area contributed by atoms with Crippen LogP contribution in [0.2, 0.25) is 5.02 Å². The third-order valence-electron chi connectivity index (χ3n) is 5.24. The number of hydrogen-bond donors (Lipinski definition) is 2. The van der Waals surface area contributed by atoms with Gasteiger partial charge in [-0.15, -0.1) is 0 Å². The van der Waals surface area contributed by atoms with E-state index in [2.05, 4.69) is 26.2 Å². The normalized spacial score (nSPS) is 19.9. The fraction of sp³-hybridized carbons (Fsp3) is 0.300. The van der Waals surface area contributed by atoms with E-state index in [-0.39, 0.29) is 11.5 Å². The molecule has 1 unspecified atom stereocenters. The molecule has 1 aromatic heterocycles. The lowest BCUT2D eigenvalue weighted by Gasteiger charge is -2.32. The van der Waals surface area contributed by atoms with Crippen LogP contribution in [-0.4, -0.2) is 29.1 Å². The van der Waals surface area contributed by atoms with Crippen LogP contribution in [0.1, 0.15) is 41.1 Å². The highest BCUT2D eigenvalue weighted by atomic mass is 79.9. The summed E-state index contributed by atoms with van der Waals surface area (Å²) in [5.74, 6) is -0.492. The van der Waals surface area contributed by atoms with Crippen LogP contribution in [0, 0.1) is 5.92 Å². The van der Waals surface area contributed by atoms with Gasteiger partial charge >= 0.3 is 5.97 Å². The monoisotopic (exact) mass is 432 g/mol. The van der Waals surface area contributed by atoms with Gasteiger partial charge in [0.05, 0.1) is 11.3 Å². The van der Waals surface area contributed by atoms with Gasteiger partial charge in [0.15, 0.2) is 0 Å². The lowest BCUT2D eigenvalue weighted by atomic mass is 9.76. The van der Waals surface area contributed by atoms with E-state index >= 15 is 0 Å². The van der Waals surface area contributed by atoms with E-state index < -0.39 is 5.97 Å². The molecular weight excluding hydrogens is 416 g/mol. The first kappa shape index (κ1) is 17.7. The summed E-state index contributed by atoms with van der Waals surface area (Å²) >= 11 is 9.66. The molecule has 2 aromatic rings. The Balaban J connectivity index is 1.99. The summed E-state index contributed by atoms with van der Waals surface area (Å²) in [6.07, 6.45) is 5.56. The van der Waals surface area contributed by atoms with Gasteiger partial charge in [-0.3, -0.25) is 4.98 Å². The summed E-state index contributed by atoms with van der Waals surface area (Å²) in [6.45, 7) is 1.93. The average Bonchev–Trinajstić information content (AvgIpc) is 2.76. The van der Waals surface area contributed by atoms with Crippen molar-refractivity contribution in [2.45, 2.75) is 18.8 Å². The number of aliphatic carboxylic acids is 1. The number of piperidine rings is 1. The molecular formula is C20H18BrClN2O2. The number of rotatable bonds is 2. The smallest absolute Gasteiger partial charge is 0.336 e. The van der Waals surface area contributed by atoms with Crippen molar-refractivity contribution in [3.05, 3.63) is 62.3 Å². The number of nitrogens with one attached hydrogen (secondary N) is 1. The van der Waals surface area contributed by atoms with E-state index in [1.165, 1.54) is 0 Å². The molecule has 1 fully saturated rings. The van der Waals surface area contributed by atoms with Gasteiger partial charge in [0, 0.05) is 27.2 Å². The Hall–Kier alpha value is -1.69. The van der Waals surface area contributed by atoms with E-state index in [0.717, 1.165) is 47.2 Å². The summed E-state index contributed by atoms with van der Waals surface area (Å²) in [7, 11) is 0. The molecule has 1 aromatic carbocycles. The molecule has 26 heavy (non-hydrogen) atoms. The number of pyridine rings is 1. The summed E-state index contributed by atoms with van der Waals surface area (Å²) in [5, 5.41) is 13.8. The number of fused-ring (bicyclic) bond motifs is 2. The van der Waals surface area contributed by atoms with Crippen molar-refractivity contribution in [1.82, 2.24) is 10.3 Å². The molecule has 1 atom stereocenters. The Labute approximate surface area is 165 Å². The molecule has 6 heteroatoms. The maximum absolute atomic E-state index is 12.0. The van der Waals surface area contributed by atoms with Gasteiger partial charge in [0.2, 0.25) is 0 Å². The fourth-order valence-electron chi connectivity index (χ4n) is 4.08. The van der Waals surface area contributed by atoms with Crippen LogP contribution < -0.4 is 5.32 Å². The molecule has 2 heterocycles. The van der Waals surface area contributed by atoms with Crippen LogP contribution >= 0.6 is 27.5 Å². The third kappa shape index (κ3) is 3.20. The minimum absolute atomic E-state index is 0.0561. The highest BCUT2D eigenvalue weighted by Gasteiger charge is 2.34. The maximum atomic E-state index is 12.0. The predicted molar refractivity (Wildman–Crippen MR) is 106 cm³/mol. The van der Waals surface area contributed by atoms with E-state index in [0.29, 0.717) is 16.5 Å². The molecule has 2 N–H and O–H groups in total. The van der Waals surface area contributed by atoms with Crippen LogP contribution in [-0.2, 0) is 4.79 Å². The van der Waals surface area contributed by atoms with Gasteiger partial charge in [-0.1, -0.05) is 17.7 Å². The number of carbonyl (C=O) groups is 1. The fourth-order valence-corrected chi connectivity index (χ4v) is 4.59. The van der Waals surface area contributed by atoms with Crippen LogP contribution in [0.25, 0.3) is 11.6 Å². The molecule has 0 saturated carbocycles. The molecule has 0 bridgehead atoms. The van der Waals surface area contributed by atoms with Crippen molar-refractivity contribution < 1.29 is 9.90 Å².